The third-order valence-corrected chi connectivity index (χ3v) is 4.72. The Bertz CT molecular complexity index is 978. The zero-order valence-electron chi connectivity index (χ0n) is 12.9. The molecule has 5 nitrogen and oxygen atoms in total. The Morgan fingerprint density at radius 1 is 1.09 bits per heavy atom. The highest BCUT2D eigenvalue weighted by Gasteiger charge is 2.16. The van der Waals surface area contributed by atoms with Gasteiger partial charge in [0.2, 0.25) is 0 Å². The van der Waals surface area contributed by atoms with Crippen LogP contribution in [0.25, 0.3) is 33.3 Å². The van der Waals surface area contributed by atoms with Crippen LogP contribution in [0, 0.1) is 0 Å². The third kappa shape index (κ3) is 1.93. The van der Waals surface area contributed by atoms with Crippen molar-refractivity contribution in [3.8, 4) is 11.4 Å². The summed E-state index contributed by atoms with van der Waals surface area (Å²) in [6.07, 6.45) is 4.28. The minimum absolute atomic E-state index is 0.813. The van der Waals surface area contributed by atoms with Crippen molar-refractivity contribution in [3.05, 3.63) is 42.1 Å². The van der Waals surface area contributed by atoms with Gasteiger partial charge in [0.25, 0.3) is 0 Å². The molecule has 2 aromatic carbocycles. The number of nitrogens with zero attached hydrogens (tertiary/aromatic N) is 3. The Balaban J connectivity index is 1.64. The topological polar surface area (TPSA) is 60.6 Å². The molecule has 0 unspecified atom stereocenters. The summed E-state index contributed by atoms with van der Waals surface area (Å²) >= 11 is 0. The smallest absolute Gasteiger partial charge is 0.160 e. The molecule has 1 aliphatic rings. The molecular formula is C18H17N5. The van der Waals surface area contributed by atoms with Crippen LogP contribution in [-0.2, 0) is 6.42 Å². The second kappa shape index (κ2) is 4.59. The standard InChI is InChI=1S/C18H17N5/c1-23-6-2-3-11-7-12(4-5-17(11)23)18-20-15-8-13-10-19-22-14(13)9-16(15)21-18/h4-5,7-10,19,22H,2-3,6H2,1H3. The van der Waals surface area contributed by atoms with E-state index in [2.05, 4.69) is 46.4 Å². The molecule has 0 saturated heterocycles. The highest BCUT2D eigenvalue weighted by atomic mass is 15.1. The molecule has 2 aromatic heterocycles. The minimum atomic E-state index is 0.813. The predicted molar refractivity (Wildman–Crippen MR) is 92.8 cm³/mol. The molecule has 0 fully saturated rings. The molecule has 0 radical (unpaired) electrons. The Hall–Kier alpha value is -2.82. The van der Waals surface area contributed by atoms with Gasteiger partial charge in [0.15, 0.2) is 5.82 Å². The van der Waals surface area contributed by atoms with E-state index in [-0.39, 0.29) is 0 Å². The van der Waals surface area contributed by atoms with Gasteiger partial charge < -0.3 is 15.1 Å². The lowest BCUT2D eigenvalue weighted by atomic mass is 9.99. The summed E-state index contributed by atoms with van der Waals surface area (Å²) < 4.78 is 0. The number of nitrogens with one attached hydrogen (secondary N) is 2. The van der Waals surface area contributed by atoms with E-state index in [0.29, 0.717) is 0 Å². The van der Waals surface area contributed by atoms with Crippen LogP contribution in [0.3, 0.4) is 0 Å². The molecule has 5 rings (SSSR count). The number of H-pyrrole nitrogens is 2. The van der Waals surface area contributed by atoms with Crippen LogP contribution in [0.1, 0.15) is 12.0 Å². The number of benzene rings is 2. The number of aromatic nitrogens is 4. The first-order chi connectivity index (χ1) is 11.3. The summed E-state index contributed by atoms with van der Waals surface area (Å²) in [6.45, 7) is 1.13. The SMILES string of the molecule is CN1CCCc2cc(-c3nc4cc5c[nH][nH]c5cc4n3)ccc21. The summed E-state index contributed by atoms with van der Waals surface area (Å²) in [6, 6.07) is 10.7. The Morgan fingerprint density at radius 3 is 2.87 bits per heavy atom. The van der Waals surface area contributed by atoms with Crippen molar-refractivity contribution in [2.24, 2.45) is 0 Å². The quantitative estimate of drug-likeness (QED) is 0.566. The van der Waals surface area contributed by atoms with E-state index in [0.717, 1.165) is 46.3 Å². The van der Waals surface area contributed by atoms with E-state index >= 15 is 0 Å². The largest absolute Gasteiger partial charge is 0.374 e. The van der Waals surface area contributed by atoms with Crippen LogP contribution in [0.4, 0.5) is 5.69 Å². The number of hydrogen-bond donors (Lipinski definition) is 2. The number of anilines is 1. The van der Waals surface area contributed by atoms with Gasteiger partial charge in [-0.15, -0.1) is 0 Å². The molecule has 0 amide bonds. The Labute approximate surface area is 133 Å². The van der Waals surface area contributed by atoms with E-state index in [1.807, 2.05) is 12.3 Å². The van der Waals surface area contributed by atoms with Crippen molar-refractivity contribution in [3.63, 3.8) is 0 Å². The molecule has 23 heavy (non-hydrogen) atoms. The third-order valence-electron chi connectivity index (χ3n) is 4.72. The summed E-state index contributed by atoms with van der Waals surface area (Å²) in [5, 5.41) is 7.23. The number of rotatable bonds is 1. The van der Waals surface area contributed by atoms with Crippen molar-refractivity contribution >= 4 is 27.6 Å². The molecule has 0 bridgehead atoms. The highest BCUT2D eigenvalue weighted by Crippen LogP contribution is 2.31. The molecule has 5 heteroatoms. The summed E-state index contributed by atoms with van der Waals surface area (Å²) in [4.78, 5) is 11.8. The average molecular weight is 303 g/mol. The molecule has 0 aliphatic carbocycles. The molecular weight excluding hydrogens is 286 g/mol. The second-order valence-corrected chi connectivity index (χ2v) is 6.26. The van der Waals surface area contributed by atoms with Crippen LogP contribution < -0.4 is 4.90 Å². The average Bonchev–Trinajstić information content (AvgIpc) is 3.18. The van der Waals surface area contributed by atoms with Gasteiger partial charge in [-0.1, -0.05) is 0 Å². The molecule has 4 aromatic rings. The number of hydrogen-bond acceptors (Lipinski definition) is 3. The summed E-state index contributed by atoms with van der Waals surface area (Å²) in [5.41, 5.74) is 6.75. The fourth-order valence-electron chi connectivity index (χ4n) is 3.50. The minimum Gasteiger partial charge on any atom is -0.374 e. The van der Waals surface area contributed by atoms with Crippen LogP contribution in [0.15, 0.2) is 36.5 Å². The normalized spacial score (nSPS) is 14.6. The van der Waals surface area contributed by atoms with Crippen molar-refractivity contribution in [1.82, 2.24) is 20.2 Å². The van der Waals surface area contributed by atoms with Gasteiger partial charge in [-0.3, -0.25) is 0 Å². The molecule has 0 spiro atoms. The second-order valence-electron chi connectivity index (χ2n) is 6.26. The molecule has 1 aliphatic heterocycles. The van der Waals surface area contributed by atoms with Gasteiger partial charge in [0.1, 0.15) is 0 Å². The maximum absolute atomic E-state index is 4.73. The number of aryl methyl sites for hydroxylation is 1. The number of aromatic amines is 2. The van der Waals surface area contributed by atoms with E-state index < -0.39 is 0 Å². The van der Waals surface area contributed by atoms with Gasteiger partial charge in [-0.25, -0.2) is 9.97 Å². The molecule has 3 heterocycles. The van der Waals surface area contributed by atoms with Gasteiger partial charge >= 0.3 is 0 Å². The first-order valence-corrected chi connectivity index (χ1v) is 7.96. The van der Waals surface area contributed by atoms with Crippen LogP contribution in [0.2, 0.25) is 0 Å². The van der Waals surface area contributed by atoms with E-state index in [4.69, 9.17) is 9.97 Å². The fourth-order valence-corrected chi connectivity index (χ4v) is 3.50. The molecule has 0 saturated carbocycles. The van der Waals surface area contributed by atoms with Gasteiger partial charge in [0, 0.05) is 36.4 Å². The number of imidazole rings is 1. The van der Waals surface area contributed by atoms with E-state index in [1.165, 1.54) is 17.7 Å². The van der Waals surface area contributed by atoms with Crippen LogP contribution >= 0.6 is 0 Å². The van der Waals surface area contributed by atoms with Crippen LogP contribution in [-0.4, -0.2) is 33.8 Å². The van der Waals surface area contributed by atoms with Crippen molar-refractivity contribution in [2.45, 2.75) is 12.8 Å². The van der Waals surface area contributed by atoms with Crippen molar-refractivity contribution in [2.75, 3.05) is 18.5 Å². The monoisotopic (exact) mass is 303 g/mol. The van der Waals surface area contributed by atoms with Crippen LogP contribution in [0.5, 0.6) is 0 Å². The van der Waals surface area contributed by atoms with Gasteiger partial charge in [-0.2, -0.15) is 0 Å². The van der Waals surface area contributed by atoms with E-state index in [1.54, 1.807) is 0 Å². The zero-order chi connectivity index (χ0) is 15.4. The summed E-state index contributed by atoms with van der Waals surface area (Å²) in [7, 11) is 2.16. The van der Waals surface area contributed by atoms with Gasteiger partial charge in [0.05, 0.1) is 16.6 Å². The number of fused-ring (bicyclic) bond motifs is 3. The maximum Gasteiger partial charge on any atom is 0.160 e. The molecule has 114 valence electrons. The fraction of sp³-hybridized carbons (Fsp3) is 0.222. The van der Waals surface area contributed by atoms with Gasteiger partial charge in [-0.05, 0) is 48.7 Å². The Morgan fingerprint density at radius 2 is 1.96 bits per heavy atom. The predicted octanol–water partition coefficient (Wildman–Crippen LogP) is 3.49. The summed E-state index contributed by atoms with van der Waals surface area (Å²) in [5.74, 6) is 0.813. The molecule has 0 atom stereocenters. The maximum atomic E-state index is 4.73. The van der Waals surface area contributed by atoms with E-state index in [9.17, 15) is 0 Å². The zero-order valence-corrected chi connectivity index (χ0v) is 12.9. The highest BCUT2D eigenvalue weighted by molar-refractivity contribution is 5.94. The van der Waals surface area contributed by atoms with Crippen molar-refractivity contribution < 1.29 is 0 Å². The first kappa shape index (κ1) is 12.7. The van der Waals surface area contributed by atoms with Crippen molar-refractivity contribution in [1.29, 1.82) is 0 Å². The Kier molecular flexibility index (Phi) is 2.53. The first-order valence-electron chi connectivity index (χ1n) is 7.96. The lowest BCUT2D eigenvalue weighted by molar-refractivity contribution is 0.744. The lowest BCUT2D eigenvalue weighted by Crippen LogP contribution is -2.24. The lowest BCUT2D eigenvalue weighted by Gasteiger charge is -2.27. The molecule has 2 N–H and O–H groups in total.